The van der Waals surface area contributed by atoms with Crippen LogP contribution in [0.3, 0.4) is 0 Å². The normalized spacial score (nSPS) is 13.0. The molecule has 0 aliphatic carbocycles. The van der Waals surface area contributed by atoms with Crippen LogP contribution in [0.25, 0.3) is 0 Å². The average Bonchev–Trinajstić information content (AvgIpc) is 3.12. The molecule has 0 unspecified atom stereocenters. The molecule has 136 valence electrons. The molecule has 0 aromatic heterocycles. The van der Waals surface area contributed by atoms with Crippen molar-refractivity contribution in [2.75, 3.05) is 20.2 Å². The fourth-order valence-electron chi connectivity index (χ4n) is 2.91. The van der Waals surface area contributed by atoms with Crippen molar-refractivity contribution in [3.05, 3.63) is 69.3 Å². The van der Waals surface area contributed by atoms with Gasteiger partial charge in [0.05, 0.1) is 11.5 Å². The minimum Gasteiger partial charge on any atom is -0.493 e. The van der Waals surface area contributed by atoms with E-state index in [-0.39, 0.29) is 5.69 Å². The van der Waals surface area contributed by atoms with Crippen LogP contribution in [-0.2, 0) is 19.4 Å². The molecular formula is C19H22N4O3. The molecule has 7 nitrogen and oxygen atoms in total. The predicted octanol–water partition coefficient (Wildman–Crippen LogP) is 2.44. The standard InChI is InChI=1S/C19H22N4O3/c1-20-19(22-13-15-3-2-4-17(12-15)23(24)25)21-9-7-14-5-6-18-16(11-14)8-10-26-18/h2-6,11-12H,7-10,13H2,1H3,(H2,20,21,22). The van der Waals surface area contributed by atoms with Gasteiger partial charge in [-0.2, -0.15) is 0 Å². The number of aliphatic imine (C=N–C) groups is 1. The maximum Gasteiger partial charge on any atom is 0.269 e. The van der Waals surface area contributed by atoms with Crippen LogP contribution < -0.4 is 15.4 Å². The fourth-order valence-corrected chi connectivity index (χ4v) is 2.91. The largest absolute Gasteiger partial charge is 0.493 e. The zero-order valence-electron chi connectivity index (χ0n) is 14.7. The molecule has 2 aromatic carbocycles. The Morgan fingerprint density at radius 2 is 2.12 bits per heavy atom. The summed E-state index contributed by atoms with van der Waals surface area (Å²) in [5.41, 5.74) is 3.46. The van der Waals surface area contributed by atoms with Gasteiger partial charge in [0.2, 0.25) is 0 Å². The van der Waals surface area contributed by atoms with Crippen molar-refractivity contribution in [2.24, 2.45) is 4.99 Å². The highest BCUT2D eigenvalue weighted by Crippen LogP contribution is 2.25. The molecule has 0 bridgehead atoms. The lowest BCUT2D eigenvalue weighted by atomic mass is 10.1. The lowest BCUT2D eigenvalue weighted by Crippen LogP contribution is -2.37. The van der Waals surface area contributed by atoms with E-state index in [2.05, 4.69) is 27.8 Å². The highest BCUT2D eigenvalue weighted by atomic mass is 16.6. The molecule has 0 saturated heterocycles. The molecular weight excluding hydrogens is 332 g/mol. The van der Waals surface area contributed by atoms with Crippen molar-refractivity contribution in [2.45, 2.75) is 19.4 Å². The molecule has 7 heteroatoms. The summed E-state index contributed by atoms with van der Waals surface area (Å²) in [5.74, 6) is 1.66. The summed E-state index contributed by atoms with van der Waals surface area (Å²) >= 11 is 0. The van der Waals surface area contributed by atoms with Crippen LogP contribution >= 0.6 is 0 Å². The minimum absolute atomic E-state index is 0.0906. The van der Waals surface area contributed by atoms with Gasteiger partial charge in [0, 0.05) is 38.7 Å². The Morgan fingerprint density at radius 1 is 1.23 bits per heavy atom. The van der Waals surface area contributed by atoms with Gasteiger partial charge in [-0.3, -0.25) is 15.1 Å². The first-order valence-corrected chi connectivity index (χ1v) is 8.58. The van der Waals surface area contributed by atoms with E-state index < -0.39 is 4.92 Å². The summed E-state index contributed by atoms with van der Waals surface area (Å²) in [4.78, 5) is 14.6. The first-order chi connectivity index (χ1) is 12.7. The Labute approximate surface area is 152 Å². The van der Waals surface area contributed by atoms with Crippen molar-refractivity contribution in [3.63, 3.8) is 0 Å². The topological polar surface area (TPSA) is 88.8 Å². The van der Waals surface area contributed by atoms with E-state index in [4.69, 9.17) is 4.74 Å². The monoisotopic (exact) mass is 354 g/mol. The smallest absolute Gasteiger partial charge is 0.269 e. The first-order valence-electron chi connectivity index (χ1n) is 8.58. The molecule has 0 saturated carbocycles. The van der Waals surface area contributed by atoms with Crippen molar-refractivity contribution in [3.8, 4) is 5.75 Å². The Bertz CT molecular complexity index is 820. The zero-order valence-corrected chi connectivity index (χ0v) is 14.7. The summed E-state index contributed by atoms with van der Waals surface area (Å²) in [5, 5.41) is 17.3. The number of nitro benzene ring substituents is 1. The number of hydrogen-bond acceptors (Lipinski definition) is 4. The summed E-state index contributed by atoms with van der Waals surface area (Å²) in [6.45, 7) is 1.98. The second kappa shape index (κ2) is 8.33. The Kier molecular flexibility index (Phi) is 5.68. The van der Waals surface area contributed by atoms with Gasteiger partial charge in [-0.05, 0) is 29.2 Å². The summed E-state index contributed by atoms with van der Waals surface area (Å²) in [6.07, 6.45) is 1.85. The number of fused-ring (bicyclic) bond motifs is 1. The van der Waals surface area contributed by atoms with E-state index in [1.807, 2.05) is 12.1 Å². The van der Waals surface area contributed by atoms with Gasteiger partial charge >= 0.3 is 0 Å². The second-order valence-corrected chi connectivity index (χ2v) is 6.07. The summed E-state index contributed by atoms with van der Waals surface area (Å²) in [7, 11) is 1.70. The summed E-state index contributed by atoms with van der Waals surface area (Å²) < 4.78 is 5.52. The molecule has 0 fully saturated rings. The van der Waals surface area contributed by atoms with E-state index in [0.717, 1.165) is 37.3 Å². The van der Waals surface area contributed by atoms with Crippen LogP contribution in [0.15, 0.2) is 47.5 Å². The SMILES string of the molecule is CN=C(NCCc1ccc2c(c1)CCO2)NCc1cccc([N+](=O)[O-])c1. The highest BCUT2D eigenvalue weighted by molar-refractivity contribution is 5.79. The van der Waals surface area contributed by atoms with Crippen molar-refractivity contribution < 1.29 is 9.66 Å². The van der Waals surface area contributed by atoms with Crippen LogP contribution in [0.1, 0.15) is 16.7 Å². The van der Waals surface area contributed by atoms with E-state index in [0.29, 0.717) is 12.5 Å². The van der Waals surface area contributed by atoms with Crippen LogP contribution in [0.5, 0.6) is 5.75 Å². The van der Waals surface area contributed by atoms with Crippen molar-refractivity contribution in [1.29, 1.82) is 0 Å². The molecule has 1 aliphatic heterocycles. The molecule has 1 aliphatic rings. The third kappa shape index (κ3) is 4.50. The maximum atomic E-state index is 10.8. The van der Waals surface area contributed by atoms with Gasteiger partial charge < -0.3 is 15.4 Å². The lowest BCUT2D eigenvalue weighted by Gasteiger charge is -2.12. The number of non-ortho nitro benzene ring substituents is 1. The van der Waals surface area contributed by atoms with Crippen molar-refractivity contribution in [1.82, 2.24) is 10.6 Å². The molecule has 1 heterocycles. The molecule has 0 radical (unpaired) electrons. The number of nitrogens with one attached hydrogen (secondary N) is 2. The van der Waals surface area contributed by atoms with Gasteiger partial charge in [0.1, 0.15) is 5.75 Å². The molecule has 0 amide bonds. The van der Waals surface area contributed by atoms with E-state index in [1.54, 1.807) is 19.2 Å². The fraction of sp³-hybridized carbons (Fsp3) is 0.316. The summed E-state index contributed by atoms with van der Waals surface area (Å²) in [6, 6.07) is 12.9. The van der Waals surface area contributed by atoms with E-state index in [1.165, 1.54) is 17.2 Å². The quantitative estimate of drug-likeness (QED) is 0.360. The third-order valence-electron chi connectivity index (χ3n) is 4.26. The van der Waals surface area contributed by atoms with Gasteiger partial charge in [-0.1, -0.05) is 24.3 Å². The Hall–Kier alpha value is -3.09. The number of rotatable bonds is 6. The number of nitrogens with zero attached hydrogens (tertiary/aromatic N) is 2. The highest BCUT2D eigenvalue weighted by Gasteiger charge is 2.12. The Morgan fingerprint density at radius 3 is 2.92 bits per heavy atom. The minimum atomic E-state index is -0.391. The average molecular weight is 354 g/mol. The lowest BCUT2D eigenvalue weighted by molar-refractivity contribution is -0.384. The van der Waals surface area contributed by atoms with Crippen LogP contribution in [0, 0.1) is 10.1 Å². The van der Waals surface area contributed by atoms with Crippen LogP contribution in [0.2, 0.25) is 0 Å². The first kappa shape index (κ1) is 17.7. The maximum absolute atomic E-state index is 10.8. The third-order valence-corrected chi connectivity index (χ3v) is 4.26. The molecule has 0 spiro atoms. The molecule has 2 N–H and O–H groups in total. The van der Waals surface area contributed by atoms with Gasteiger partial charge in [0.15, 0.2) is 5.96 Å². The number of benzene rings is 2. The Balaban J connectivity index is 1.48. The van der Waals surface area contributed by atoms with Crippen molar-refractivity contribution >= 4 is 11.6 Å². The van der Waals surface area contributed by atoms with Gasteiger partial charge in [-0.25, -0.2) is 0 Å². The molecule has 0 atom stereocenters. The second-order valence-electron chi connectivity index (χ2n) is 6.07. The number of hydrogen-bond donors (Lipinski definition) is 2. The van der Waals surface area contributed by atoms with Gasteiger partial charge in [0.25, 0.3) is 5.69 Å². The van der Waals surface area contributed by atoms with Crippen LogP contribution in [-0.4, -0.2) is 31.1 Å². The van der Waals surface area contributed by atoms with E-state index in [9.17, 15) is 10.1 Å². The number of nitro groups is 1. The van der Waals surface area contributed by atoms with E-state index >= 15 is 0 Å². The van der Waals surface area contributed by atoms with Gasteiger partial charge in [-0.15, -0.1) is 0 Å². The van der Waals surface area contributed by atoms with Crippen LogP contribution in [0.4, 0.5) is 5.69 Å². The predicted molar refractivity (Wildman–Crippen MR) is 101 cm³/mol. The number of ether oxygens (including phenoxy) is 1. The number of guanidine groups is 1. The molecule has 2 aromatic rings. The molecule has 3 rings (SSSR count). The molecule has 26 heavy (non-hydrogen) atoms. The zero-order chi connectivity index (χ0) is 18.4.